The van der Waals surface area contributed by atoms with Crippen LogP contribution in [0.5, 0.6) is 0 Å². The summed E-state index contributed by atoms with van der Waals surface area (Å²) in [5.74, 6) is 2.49. The third-order valence-electron chi connectivity index (χ3n) is 6.36. The van der Waals surface area contributed by atoms with Crippen molar-refractivity contribution in [2.75, 3.05) is 0 Å². The molecule has 0 aromatic rings. The molecule has 0 unspecified atom stereocenters. The Labute approximate surface area is 161 Å². The average Bonchev–Trinajstić information content (AvgIpc) is 2.59. The topological polar surface area (TPSA) is 9.23 Å². The molecule has 0 fully saturated rings. The Morgan fingerprint density at radius 1 is 0.880 bits per heavy atom. The number of hydrogen-bond acceptors (Lipinski definition) is 1. The molecule has 2 heteroatoms. The van der Waals surface area contributed by atoms with Gasteiger partial charge in [0.1, 0.15) is 0 Å². The Balaban J connectivity index is 4.13. The van der Waals surface area contributed by atoms with E-state index in [1.165, 1.54) is 75.9 Å². The van der Waals surface area contributed by atoms with Crippen molar-refractivity contribution in [1.29, 1.82) is 0 Å². The maximum absolute atomic E-state index is 6.75. The van der Waals surface area contributed by atoms with Crippen LogP contribution in [-0.4, -0.2) is 13.9 Å². The molecule has 0 saturated carbocycles. The van der Waals surface area contributed by atoms with Gasteiger partial charge in [0.15, 0.2) is 8.32 Å². The molecule has 0 spiro atoms. The van der Waals surface area contributed by atoms with Crippen molar-refractivity contribution in [1.82, 2.24) is 0 Å². The SMILES string of the molecule is CCCCCCC[C](C)[C@H](C)CCCC(C)(C)O[Si](CC)(CC)CC. The highest BCUT2D eigenvalue weighted by Gasteiger charge is 2.35. The van der Waals surface area contributed by atoms with Gasteiger partial charge in [0.05, 0.1) is 5.60 Å². The molecular weight excluding hydrogens is 320 g/mol. The van der Waals surface area contributed by atoms with E-state index in [1.807, 2.05) is 0 Å². The smallest absolute Gasteiger partial charge is 0.192 e. The lowest BCUT2D eigenvalue weighted by Gasteiger charge is -2.38. The highest BCUT2D eigenvalue weighted by Crippen LogP contribution is 2.32. The molecule has 0 aliphatic heterocycles. The standard InChI is InChI=1S/C23H49OSi/c1-9-13-14-15-16-18-21(5)22(6)19-17-20-23(7,8)24-25(10-2,11-3)12-4/h22H,9-20H2,1-8H3/t22-/m1/s1. The number of unbranched alkanes of at least 4 members (excludes halogenated alkanes) is 4. The van der Waals surface area contributed by atoms with Crippen molar-refractivity contribution in [2.24, 2.45) is 5.92 Å². The minimum Gasteiger partial charge on any atom is -0.412 e. The molecule has 1 nitrogen and oxygen atoms in total. The molecule has 0 bridgehead atoms. The van der Waals surface area contributed by atoms with Crippen molar-refractivity contribution in [3.63, 3.8) is 0 Å². The minimum atomic E-state index is -1.49. The van der Waals surface area contributed by atoms with Crippen molar-refractivity contribution in [2.45, 2.75) is 137 Å². The summed E-state index contributed by atoms with van der Waals surface area (Å²) in [6.07, 6.45) is 12.1. The zero-order valence-electron chi connectivity index (χ0n) is 19.0. The largest absolute Gasteiger partial charge is 0.412 e. The zero-order chi connectivity index (χ0) is 19.3. The van der Waals surface area contributed by atoms with Crippen LogP contribution in [0.25, 0.3) is 0 Å². The van der Waals surface area contributed by atoms with Gasteiger partial charge < -0.3 is 4.43 Å². The molecule has 0 aliphatic rings. The van der Waals surface area contributed by atoms with Gasteiger partial charge in [-0.2, -0.15) is 0 Å². The lowest BCUT2D eigenvalue weighted by Crippen LogP contribution is -2.44. The van der Waals surface area contributed by atoms with Gasteiger partial charge in [0.2, 0.25) is 0 Å². The van der Waals surface area contributed by atoms with Crippen molar-refractivity contribution >= 4 is 8.32 Å². The fraction of sp³-hybridized carbons (Fsp3) is 0.957. The first-order chi connectivity index (χ1) is 11.8. The number of rotatable bonds is 16. The predicted molar refractivity (Wildman–Crippen MR) is 118 cm³/mol. The summed E-state index contributed by atoms with van der Waals surface area (Å²) in [4.78, 5) is 0. The summed E-state index contributed by atoms with van der Waals surface area (Å²) in [6, 6.07) is 3.76. The Morgan fingerprint density at radius 2 is 1.44 bits per heavy atom. The highest BCUT2D eigenvalue weighted by atomic mass is 28.4. The van der Waals surface area contributed by atoms with Gasteiger partial charge >= 0.3 is 0 Å². The van der Waals surface area contributed by atoms with Crippen LogP contribution < -0.4 is 0 Å². The molecule has 0 N–H and O–H groups in total. The molecule has 0 amide bonds. The molecule has 0 aromatic heterocycles. The lowest BCUT2D eigenvalue weighted by molar-refractivity contribution is 0.0817. The van der Waals surface area contributed by atoms with Crippen molar-refractivity contribution in [3.05, 3.63) is 5.92 Å². The van der Waals surface area contributed by atoms with Crippen LogP contribution >= 0.6 is 0 Å². The van der Waals surface area contributed by atoms with E-state index in [-0.39, 0.29) is 5.60 Å². The number of hydrogen-bond donors (Lipinski definition) is 0. The average molecular weight is 370 g/mol. The van der Waals surface area contributed by atoms with E-state index in [0.29, 0.717) is 0 Å². The van der Waals surface area contributed by atoms with E-state index >= 15 is 0 Å². The monoisotopic (exact) mass is 369 g/mol. The maximum Gasteiger partial charge on any atom is 0.192 e. The molecule has 25 heavy (non-hydrogen) atoms. The van der Waals surface area contributed by atoms with Gasteiger partial charge in [0.25, 0.3) is 0 Å². The van der Waals surface area contributed by atoms with E-state index in [2.05, 4.69) is 55.4 Å². The third kappa shape index (κ3) is 10.8. The van der Waals surface area contributed by atoms with E-state index in [4.69, 9.17) is 4.43 Å². The molecule has 1 atom stereocenters. The van der Waals surface area contributed by atoms with Gasteiger partial charge in [-0.05, 0) is 56.7 Å². The Hall–Kier alpha value is 0.177. The fourth-order valence-electron chi connectivity index (χ4n) is 3.94. The van der Waals surface area contributed by atoms with Crippen LogP contribution in [-0.2, 0) is 4.43 Å². The second-order valence-electron chi connectivity index (χ2n) is 8.91. The minimum absolute atomic E-state index is 0.0576. The molecule has 0 aromatic carbocycles. The van der Waals surface area contributed by atoms with E-state index in [1.54, 1.807) is 5.92 Å². The van der Waals surface area contributed by atoms with Gasteiger partial charge in [-0.1, -0.05) is 86.5 Å². The molecule has 0 heterocycles. The van der Waals surface area contributed by atoms with Crippen molar-refractivity contribution < 1.29 is 4.43 Å². The normalized spacial score (nSPS) is 14.3. The summed E-state index contributed by atoms with van der Waals surface area (Å²) < 4.78 is 6.75. The molecule has 1 radical (unpaired) electrons. The zero-order valence-corrected chi connectivity index (χ0v) is 20.0. The molecule has 151 valence electrons. The summed E-state index contributed by atoms with van der Waals surface area (Å²) in [5.41, 5.74) is 0.0576. The lowest BCUT2D eigenvalue weighted by atomic mass is 9.86. The Bertz CT molecular complexity index is 301. The van der Waals surface area contributed by atoms with Gasteiger partial charge in [-0.25, -0.2) is 0 Å². The van der Waals surface area contributed by atoms with Crippen molar-refractivity contribution in [3.8, 4) is 0 Å². The first-order valence-corrected chi connectivity index (χ1v) is 13.8. The van der Waals surface area contributed by atoms with Crippen LogP contribution in [0.15, 0.2) is 0 Å². The fourth-order valence-corrected chi connectivity index (χ4v) is 7.15. The Morgan fingerprint density at radius 3 is 1.96 bits per heavy atom. The van der Waals surface area contributed by atoms with Crippen LogP contribution in [0, 0.1) is 11.8 Å². The highest BCUT2D eigenvalue weighted by molar-refractivity contribution is 6.73. The van der Waals surface area contributed by atoms with Gasteiger partial charge in [-0.15, -0.1) is 0 Å². The van der Waals surface area contributed by atoms with E-state index in [0.717, 1.165) is 5.92 Å². The van der Waals surface area contributed by atoms with Gasteiger partial charge in [-0.3, -0.25) is 0 Å². The summed E-state index contributed by atoms with van der Waals surface area (Å²) in [7, 11) is -1.49. The van der Waals surface area contributed by atoms with Crippen LogP contribution in [0.1, 0.15) is 113 Å². The second-order valence-corrected chi connectivity index (χ2v) is 13.6. The first kappa shape index (κ1) is 25.2. The second kappa shape index (κ2) is 13.4. The quantitative estimate of drug-likeness (QED) is 0.195. The molecular formula is C23H49OSi. The summed E-state index contributed by atoms with van der Waals surface area (Å²) in [5, 5.41) is 0. The summed E-state index contributed by atoms with van der Waals surface area (Å²) >= 11 is 0. The predicted octanol–water partition coefficient (Wildman–Crippen LogP) is 8.55. The summed E-state index contributed by atoms with van der Waals surface area (Å²) in [6.45, 7) is 18.7. The van der Waals surface area contributed by atoms with Crippen LogP contribution in [0.4, 0.5) is 0 Å². The molecule has 0 rings (SSSR count). The Kier molecular flexibility index (Phi) is 13.5. The van der Waals surface area contributed by atoms with Crippen LogP contribution in [0.3, 0.4) is 0 Å². The third-order valence-corrected chi connectivity index (χ3v) is 11.2. The van der Waals surface area contributed by atoms with E-state index in [9.17, 15) is 0 Å². The van der Waals surface area contributed by atoms with Crippen LogP contribution in [0.2, 0.25) is 18.1 Å². The van der Waals surface area contributed by atoms with Gasteiger partial charge in [0, 0.05) is 0 Å². The first-order valence-electron chi connectivity index (χ1n) is 11.3. The molecule has 0 saturated heterocycles. The maximum atomic E-state index is 6.75. The van der Waals surface area contributed by atoms with E-state index < -0.39 is 8.32 Å². The molecule has 0 aliphatic carbocycles.